The maximum Gasteiger partial charge on any atom is 0.265 e. The minimum Gasteiger partial charge on any atom is -0.493 e. The van der Waals surface area contributed by atoms with Gasteiger partial charge in [-0.3, -0.25) is 9.52 Å². The summed E-state index contributed by atoms with van der Waals surface area (Å²) in [5.74, 6) is 0.547. The van der Waals surface area contributed by atoms with E-state index in [4.69, 9.17) is 14.2 Å². The molecule has 11 heteroatoms. The first-order chi connectivity index (χ1) is 15.3. The van der Waals surface area contributed by atoms with Crippen molar-refractivity contribution in [3.63, 3.8) is 0 Å². The molecule has 3 rings (SSSR count). The Hall–Kier alpha value is -3.86. The van der Waals surface area contributed by atoms with Crippen LogP contribution in [0.25, 0.3) is 0 Å². The number of benzene rings is 2. The summed E-state index contributed by atoms with van der Waals surface area (Å²) in [6.45, 7) is 1.60. The van der Waals surface area contributed by atoms with Gasteiger partial charge in [-0.2, -0.15) is 0 Å². The van der Waals surface area contributed by atoms with Crippen LogP contribution in [0.3, 0.4) is 0 Å². The van der Waals surface area contributed by atoms with Crippen molar-refractivity contribution in [2.45, 2.75) is 17.9 Å². The zero-order valence-corrected chi connectivity index (χ0v) is 18.4. The molecule has 1 amide bonds. The van der Waals surface area contributed by atoms with E-state index in [9.17, 15) is 13.2 Å². The first kappa shape index (κ1) is 22.8. The molecule has 1 atom stereocenters. The predicted octanol–water partition coefficient (Wildman–Crippen LogP) is 2.70. The van der Waals surface area contributed by atoms with Crippen molar-refractivity contribution in [1.82, 2.24) is 9.97 Å². The lowest BCUT2D eigenvalue weighted by atomic mass is 10.3. The molecule has 0 radical (unpaired) electrons. The lowest BCUT2D eigenvalue weighted by molar-refractivity contribution is -0.122. The van der Waals surface area contributed by atoms with E-state index >= 15 is 0 Å². The summed E-state index contributed by atoms with van der Waals surface area (Å²) >= 11 is 0. The van der Waals surface area contributed by atoms with E-state index in [0.29, 0.717) is 17.2 Å². The molecule has 1 aromatic heterocycles. The Bertz CT molecular complexity index is 1180. The van der Waals surface area contributed by atoms with E-state index in [1.807, 2.05) is 0 Å². The number of carbonyl (C=O) groups excluding carboxylic acids is 1. The number of methoxy groups -OCH3 is 2. The van der Waals surface area contributed by atoms with Gasteiger partial charge >= 0.3 is 0 Å². The van der Waals surface area contributed by atoms with E-state index < -0.39 is 22.0 Å². The molecule has 168 valence electrons. The Morgan fingerprint density at radius 3 is 2.25 bits per heavy atom. The maximum atomic E-state index is 12.6. The molecule has 2 aromatic carbocycles. The summed E-state index contributed by atoms with van der Waals surface area (Å²) in [4.78, 5) is 20.3. The first-order valence-corrected chi connectivity index (χ1v) is 10.9. The number of hydrogen-bond donors (Lipinski definition) is 2. The highest BCUT2D eigenvalue weighted by Gasteiger charge is 2.20. The average molecular weight is 458 g/mol. The van der Waals surface area contributed by atoms with E-state index in [0.717, 1.165) is 0 Å². The number of ether oxygens (including phenoxy) is 3. The molecule has 3 aromatic rings. The number of hydrogen-bond acceptors (Lipinski definition) is 8. The van der Waals surface area contributed by atoms with E-state index in [2.05, 4.69) is 20.0 Å². The van der Waals surface area contributed by atoms with Gasteiger partial charge in [0.25, 0.3) is 21.8 Å². The monoisotopic (exact) mass is 458 g/mol. The summed E-state index contributed by atoms with van der Waals surface area (Å²) in [5, 5.41) is 2.68. The predicted molar refractivity (Wildman–Crippen MR) is 118 cm³/mol. The molecule has 0 spiro atoms. The molecule has 0 aliphatic rings. The Morgan fingerprint density at radius 2 is 1.59 bits per heavy atom. The van der Waals surface area contributed by atoms with Gasteiger partial charge in [0.05, 0.1) is 19.1 Å². The van der Waals surface area contributed by atoms with Crippen LogP contribution in [-0.2, 0) is 14.8 Å². The fraction of sp³-hybridized carbons (Fsp3) is 0.190. The molecule has 32 heavy (non-hydrogen) atoms. The van der Waals surface area contributed by atoms with Gasteiger partial charge in [-0.1, -0.05) is 12.1 Å². The minimum absolute atomic E-state index is 0.0264. The largest absolute Gasteiger partial charge is 0.493 e. The molecule has 1 heterocycles. The second kappa shape index (κ2) is 9.96. The van der Waals surface area contributed by atoms with Gasteiger partial charge in [0.2, 0.25) is 5.82 Å². The normalized spacial score (nSPS) is 11.8. The topological polar surface area (TPSA) is 129 Å². The number of carbonyl (C=O) groups is 1. The smallest absolute Gasteiger partial charge is 0.265 e. The Balaban J connectivity index is 1.66. The third-order valence-electron chi connectivity index (χ3n) is 4.26. The second-order valence-electron chi connectivity index (χ2n) is 6.44. The van der Waals surface area contributed by atoms with Crippen LogP contribution >= 0.6 is 0 Å². The summed E-state index contributed by atoms with van der Waals surface area (Å²) in [6.07, 6.45) is 1.90. The first-order valence-electron chi connectivity index (χ1n) is 9.42. The summed E-state index contributed by atoms with van der Waals surface area (Å²) in [7, 11) is -1.07. The van der Waals surface area contributed by atoms with Gasteiger partial charge in [0, 0.05) is 18.1 Å². The highest BCUT2D eigenvalue weighted by atomic mass is 32.2. The van der Waals surface area contributed by atoms with Crippen LogP contribution in [-0.4, -0.2) is 44.6 Å². The maximum absolute atomic E-state index is 12.6. The second-order valence-corrected chi connectivity index (χ2v) is 8.13. The van der Waals surface area contributed by atoms with Crippen molar-refractivity contribution in [2.75, 3.05) is 24.3 Å². The van der Waals surface area contributed by atoms with E-state index in [-0.39, 0.29) is 16.6 Å². The highest BCUT2D eigenvalue weighted by molar-refractivity contribution is 7.92. The Kier molecular flexibility index (Phi) is 7.11. The molecular weight excluding hydrogens is 436 g/mol. The van der Waals surface area contributed by atoms with Crippen molar-refractivity contribution >= 4 is 27.4 Å². The van der Waals surface area contributed by atoms with Crippen LogP contribution in [0.4, 0.5) is 11.5 Å². The average Bonchev–Trinajstić information content (AvgIpc) is 2.80. The van der Waals surface area contributed by atoms with Crippen molar-refractivity contribution in [1.29, 1.82) is 0 Å². The summed E-state index contributed by atoms with van der Waals surface area (Å²) in [6, 6.07) is 12.6. The number of sulfonamides is 1. The Labute approximate surface area is 185 Å². The van der Waals surface area contributed by atoms with Crippen molar-refractivity contribution in [3.8, 4) is 17.4 Å². The molecular formula is C21H22N4O6S. The third kappa shape index (κ3) is 5.43. The van der Waals surface area contributed by atoms with Crippen LogP contribution < -0.4 is 24.2 Å². The lowest BCUT2D eigenvalue weighted by Gasteiger charge is -2.16. The molecule has 0 aliphatic carbocycles. The zero-order chi connectivity index (χ0) is 23.1. The number of rotatable bonds is 9. The van der Waals surface area contributed by atoms with Crippen LogP contribution in [0.5, 0.6) is 17.4 Å². The van der Waals surface area contributed by atoms with Gasteiger partial charge in [0.1, 0.15) is 0 Å². The van der Waals surface area contributed by atoms with Crippen molar-refractivity contribution < 1.29 is 27.4 Å². The molecule has 0 saturated carbocycles. The standard InChI is InChI=1S/C21H22N4O6S/c1-14(31-18-7-5-4-6-17(18)29-2)20(26)24-15-8-10-16(11-9-15)32(27,28)25-19-21(30-3)23-13-12-22-19/h4-14H,1-3H3,(H,22,25)(H,24,26). The lowest BCUT2D eigenvalue weighted by Crippen LogP contribution is -2.30. The third-order valence-corrected chi connectivity index (χ3v) is 5.62. The number of amides is 1. The van der Waals surface area contributed by atoms with Crippen LogP contribution in [0.2, 0.25) is 0 Å². The van der Waals surface area contributed by atoms with Crippen molar-refractivity contribution in [2.24, 2.45) is 0 Å². The fourth-order valence-electron chi connectivity index (χ4n) is 2.65. The molecule has 1 unspecified atom stereocenters. The number of nitrogens with zero attached hydrogens (tertiary/aromatic N) is 2. The zero-order valence-electron chi connectivity index (χ0n) is 17.6. The molecule has 0 saturated heterocycles. The summed E-state index contributed by atoms with van der Waals surface area (Å²) in [5.41, 5.74) is 0.404. The molecule has 10 nitrogen and oxygen atoms in total. The molecule has 2 N–H and O–H groups in total. The van der Waals surface area contributed by atoms with Crippen LogP contribution in [0.15, 0.2) is 65.8 Å². The molecule has 0 aliphatic heterocycles. The number of aromatic nitrogens is 2. The minimum atomic E-state index is -3.94. The SMILES string of the molecule is COc1ccccc1OC(C)C(=O)Nc1ccc(S(=O)(=O)Nc2nccnc2OC)cc1. The van der Waals surface area contributed by atoms with Gasteiger partial charge in [-0.05, 0) is 43.3 Å². The fourth-order valence-corrected chi connectivity index (χ4v) is 3.66. The number of nitrogens with one attached hydrogen (secondary N) is 2. The number of anilines is 2. The van der Waals surface area contributed by atoms with Gasteiger partial charge in [-0.25, -0.2) is 18.4 Å². The molecule has 0 fully saturated rings. The van der Waals surface area contributed by atoms with Crippen LogP contribution in [0.1, 0.15) is 6.92 Å². The van der Waals surface area contributed by atoms with E-state index in [1.165, 1.54) is 50.9 Å². The van der Waals surface area contributed by atoms with Gasteiger partial charge in [-0.15, -0.1) is 0 Å². The highest BCUT2D eigenvalue weighted by Crippen LogP contribution is 2.27. The number of para-hydroxylation sites is 2. The van der Waals surface area contributed by atoms with Crippen LogP contribution in [0, 0.1) is 0 Å². The summed E-state index contributed by atoms with van der Waals surface area (Å²) < 4.78 is 43.4. The van der Waals surface area contributed by atoms with E-state index in [1.54, 1.807) is 31.2 Å². The molecule has 0 bridgehead atoms. The Morgan fingerprint density at radius 1 is 0.938 bits per heavy atom. The quantitative estimate of drug-likeness (QED) is 0.501. The van der Waals surface area contributed by atoms with Gasteiger partial charge in [0.15, 0.2) is 17.6 Å². The van der Waals surface area contributed by atoms with Crippen molar-refractivity contribution in [3.05, 3.63) is 60.9 Å². The van der Waals surface area contributed by atoms with Gasteiger partial charge < -0.3 is 19.5 Å².